The van der Waals surface area contributed by atoms with Crippen molar-refractivity contribution in [2.24, 2.45) is 0 Å². The Morgan fingerprint density at radius 1 is 1.00 bits per heavy atom. The van der Waals surface area contributed by atoms with Gasteiger partial charge in [0.25, 0.3) is 0 Å². The number of esters is 4. The Balaban J connectivity index is 2.21. The molecule has 2 rings (SSSR count). The number of carbonyl (C=O) groups excluding carboxylic acids is 5. The number of methoxy groups -OCH3 is 1. The number of aryl methyl sites for hydroxylation is 1. The predicted molar refractivity (Wildman–Crippen MR) is 137 cm³/mol. The second-order valence-electron chi connectivity index (χ2n) is 8.84. The molecule has 1 aromatic carbocycles. The van der Waals surface area contributed by atoms with Crippen molar-refractivity contribution in [2.75, 3.05) is 26.9 Å². The Labute approximate surface area is 236 Å². The molecular weight excluding hydrogens is 554 g/mol. The number of benzene rings is 1. The molecule has 1 N–H and O–H groups in total. The van der Waals surface area contributed by atoms with E-state index in [1.165, 1.54) is 6.92 Å². The third-order valence-corrected chi connectivity index (χ3v) is 5.81. The summed E-state index contributed by atoms with van der Waals surface area (Å²) in [5.74, 6) is -2.76. The van der Waals surface area contributed by atoms with Crippen LogP contribution in [0, 0.1) is 6.92 Å². The molecule has 1 saturated heterocycles. The van der Waals surface area contributed by atoms with Gasteiger partial charge in [0.1, 0.15) is 37.2 Å². The summed E-state index contributed by atoms with van der Waals surface area (Å²) >= 11 is 5.96. The van der Waals surface area contributed by atoms with Gasteiger partial charge in [-0.05, 0) is 37.1 Å². The van der Waals surface area contributed by atoms with Crippen LogP contribution in [0.3, 0.4) is 0 Å². The van der Waals surface area contributed by atoms with Crippen molar-refractivity contribution in [1.82, 2.24) is 5.32 Å². The standard InChI is InChI=1S/C26H34ClNO12/c1-14-11-18(27)8-9-19(14)35-10-6-7-21(32)28-23-25(37-13-22(33)34-5)24(38-16(3)30)20(12-36-15(2)29)40-26(23)39-17(4)31/h8-9,11,20,23-26H,6-7,10,12-13H2,1-5H3,(H,28,32)/t20-,23+,24-,25-,26-/m1/s1. The summed E-state index contributed by atoms with van der Waals surface area (Å²) in [6, 6.07) is 3.95. The summed E-state index contributed by atoms with van der Waals surface area (Å²) in [5.41, 5.74) is 0.839. The molecule has 1 aromatic rings. The molecular formula is C26H34ClNO12. The summed E-state index contributed by atoms with van der Waals surface area (Å²) in [4.78, 5) is 60.0. The average molecular weight is 588 g/mol. The average Bonchev–Trinajstić information content (AvgIpc) is 2.86. The lowest BCUT2D eigenvalue weighted by Gasteiger charge is -2.44. The SMILES string of the molecule is COC(=O)CO[C@@H]1[C@H](NC(=O)CCCOc2ccc(Cl)cc2C)[C@H](OC(C)=O)O[C@H](COC(C)=O)[C@H]1OC(C)=O. The van der Waals surface area contributed by atoms with Crippen LogP contribution in [0.1, 0.15) is 39.2 Å². The van der Waals surface area contributed by atoms with Gasteiger partial charge in [0.15, 0.2) is 6.10 Å². The van der Waals surface area contributed by atoms with Crippen LogP contribution in [0.5, 0.6) is 5.75 Å². The van der Waals surface area contributed by atoms with Gasteiger partial charge in [0, 0.05) is 32.2 Å². The van der Waals surface area contributed by atoms with E-state index >= 15 is 0 Å². The lowest BCUT2D eigenvalue weighted by molar-refractivity contribution is -0.274. The molecule has 0 aromatic heterocycles. The Morgan fingerprint density at radius 2 is 1.70 bits per heavy atom. The third-order valence-electron chi connectivity index (χ3n) is 5.57. The summed E-state index contributed by atoms with van der Waals surface area (Å²) in [6.07, 6.45) is -4.83. The van der Waals surface area contributed by atoms with E-state index in [1.807, 2.05) is 6.92 Å². The quantitative estimate of drug-likeness (QED) is 0.202. The van der Waals surface area contributed by atoms with Crippen molar-refractivity contribution in [3.8, 4) is 5.75 Å². The number of halogens is 1. The van der Waals surface area contributed by atoms with E-state index in [2.05, 4.69) is 10.1 Å². The Morgan fingerprint density at radius 3 is 2.30 bits per heavy atom. The van der Waals surface area contributed by atoms with Gasteiger partial charge in [-0.15, -0.1) is 0 Å². The number of hydrogen-bond donors (Lipinski definition) is 1. The molecule has 1 aliphatic rings. The Hall–Kier alpha value is -3.42. The van der Waals surface area contributed by atoms with Crippen LogP contribution in [-0.2, 0) is 52.4 Å². The fourth-order valence-corrected chi connectivity index (χ4v) is 4.08. The van der Waals surface area contributed by atoms with Crippen LogP contribution < -0.4 is 10.1 Å². The number of nitrogens with one attached hydrogen (secondary N) is 1. The molecule has 0 aliphatic carbocycles. The molecule has 1 fully saturated rings. The molecule has 40 heavy (non-hydrogen) atoms. The van der Waals surface area contributed by atoms with Gasteiger partial charge in [0.05, 0.1) is 13.7 Å². The highest BCUT2D eigenvalue weighted by Crippen LogP contribution is 2.28. The Bertz CT molecular complexity index is 1060. The second-order valence-corrected chi connectivity index (χ2v) is 9.27. The summed E-state index contributed by atoms with van der Waals surface area (Å²) in [7, 11) is 1.15. The van der Waals surface area contributed by atoms with Crippen molar-refractivity contribution in [1.29, 1.82) is 0 Å². The zero-order valence-electron chi connectivity index (χ0n) is 22.9. The van der Waals surface area contributed by atoms with Gasteiger partial charge >= 0.3 is 23.9 Å². The van der Waals surface area contributed by atoms with Crippen LogP contribution >= 0.6 is 11.6 Å². The predicted octanol–water partition coefficient (Wildman–Crippen LogP) is 1.63. The lowest BCUT2D eigenvalue weighted by atomic mass is 9.96. The van der Waals surface area contributed by atoms with E-state index < -0.39 is 73.6 Å². The first-order chi connectivity index (χ1) is 18.9. The van der Waals surface area contributed by atoms with E-state index in [9.17, 15) is 24.0 Å². The largest absolute Gasteiger partial charge is 0.493 e. The smallest absolute Gasteiger partial charge is 0.331 e. The topological polar surface area (TPSA) is 162 Å². The number of rotatable bonds is 13. The maximum absolute atomic E-state index is 12.9. The molecule has 13 nitrogen and oxygen atoms in total. The zero-order chi connectivity index (χ0) is 29.8. The molecule has 1 heterocycles. The molecule has 5 atom stereocenters. The molecule has 1 amide bonds. The maximum atomic E-state index is 12.9. The number of carbonyl (C=O) groups is 5. The van der Waals surface area contributed by atoms with Crippen LogP contribution in [-0.4, -0.2) is 87.4 Å². The van der Waals surface area contributed by atoms with Gasteiger partial charge in [-0.2, -0.15) is 0 Å². The minimum absolute atomic E-state index is 0.00520. The minimum atomic E-state index is -1.44. The molecule has 0 saturated carbocycles. The highest BCUT2D eigenvalue weighted by atomic mass is 35.5. The van der Waals surface area contributed by atoms with Gasteiger partial charge in [-0.1, -0.05) is 11.6 Å². The van der Waals surface area contributed by atoms with Crippen molar-refractivity contribution in [3.05, 3.63) is 28.8 Å². The van der Waals surface area contributed by atoms with Crippen LogP contribution in [0.4, 0.5) is 0 Å². The van der Waals surface area contributed by atoms with Crippen molar-refractivity contribution < 1.29 is 57.1 Å². The van der Waals surface area contributed by atoms with Crippen molar-refractivity contribution in [3.63, 3.8) is 0 Å². The lowest BCUT2D eigenvalue weighted by Crippen LogP contribution is -2.66. The number of amides is 1. The van der Waals surface area contributed by atoms with E-state index in [-0.39, 0.29) is 13.0 Å². The second kappa shape index (κ2) is 16.0. The molecule has 1 aliphatic heterocycles. The minimum Gasteiger partial charge on any atom is -0.493 e. The van der Waals surface area contributed by atoms with Crippen molar-refractivity contribution in [2.45, 2.75) is 71.2 Å². The van der Waals surface area contributed by atoms with E-state index in [0.717, 1.165) is 26.5 Å². The van der Waals surface area contributed by atoms with Crippen molar-refractivity contribution >= 4 is 41.4 Å². The summed E-state index contributed by atoms with van der Waals surface area (Å²) < 4.78 is 37.5. The summed E-state index contributed by atoms with van der Waals surface area (Å²) in [5, 5.41) is 3.26. The monoisotopic (exact) mass is 587 g/mol. The van der Waals surface area contributed by atoms with Gasteiger partial charge < -0.3 is 38.5 Å². The molecule has 0 radical (unpaired) electrons. The van der Waals surface area contributed by atoms with Crippen LogP contribution in [0.25, 0.3) is 0 Å². The van der Waals surface area contributed by atoms with E-state index in [0.29, 0.717) is 17.2 Å². The fraction of sp³-hybridized carbons (Fsp3) is 0.577. The summed E-state index contributed by atoms with van der Waals surface area (Å²) in [6.45, 7) is 4.50. The number of ether oxygens (including phenoxy) is 7. The normalized spacial score (nSPS) is 22.0. The highest BCUT2D eigenvalue weighted by Gasteiger charge is 2.51. The first kappa shape index (κ1) is 32.8. The third kappa shape index (κ3) is 10.6. The number of hydrogen-bond acceptors (Lipinski definition) is 12. The molecule has 0 spiro atoms. The molecule has 14 heteroatoms. The van der Waals surface area contributed by atoms with Crippen LogP contribution in [0.15, 0.2) is 18.2 Å². The zero-order valence-corrected chi connectivity index (χ0v) is 23.7. The van der Waals surface area contributed by atoms with E-state index in [4.69, 9.17) is 40.0 Å². The van der Waals surface area contributed by atoms with E-state index in [1.54, 1.807) is 18.2 Å². The Kier molecular flexibility index (Phi) is 13.1. The van der Waals surface area contributed by atoms with Gasteiger partial charge in [-0.25, -0.2) is 4.79 Å². The first-order valence-electron chi connectivity index (χ1n) is 12.4. The molecule has 0 bridgehead atoms. The van der Waals surface area contributed by atoms with Gasteiger partial charge in [0.2, 0.25) is 12.2 Å². The molecule has 0 unspecified atom stereocenters. The highest BCUT2D eigenvalue weighted by molar-refractivity contribution is 6.30. The first-order valence-corrected chi connectivity index (χ1v) is 12.8. The van der Waals surface area contributed by atoms with Crippen LogP contribution in [0.2, 0.25) is 5.02 Å². The maximum Gasteiger partial charge on any atom is 0.331 e. The molecule has 222 valence electrons. The fourth-order valence-electron chi connectivity index (χ4n) is 3.86. The van der Waals surface area contributed by atoms with Gasteiger partial charge in [-0.3, -0.25) is 19.2 Å².